The van der Waals surface area contributed by atoms with Gasteiger partial charge in [-0.05, 0) is 37.4 Å². The van der Waals surface area contributed by atoms with Crippen LogP contribution in [-0.2, 0) is 18.3 Å². The molecule has 0 spiro atoms. The molecule has 0 unspecified atom stereocenters. The van der Waals surface area contributed by atoms with Crippen molar-refractivity contribution in [1.29, 1.82) is 0 Å². The maximum Gasteiger partial charge on any atom is 0.226 e. The highest BCUT2D eigenvalue weighted by atomic mass is 32.1. The lowest BCUT2D eigenvalue weighted by molar-refractivity contribution is -0.131. The summed E-state index contributed by atoms with van der Waals surface area (Å²) in [5.41, 5.74) is -0.134. The maximum absolute atomic E-state index is 12.6. The van der Waals surface area contributed by atoms with Crippen molar-refractivity contribution in [2.75, 3.05) is 6.54 Å². The summed E-state index contributed by atoms with van der Waals surface area (Å²) in [5, 5.41) is 10.1. The molecule has 1 aromatic rings. The van der Waals surface area contributed by atoms with E-state index in [0.717, 1.165) is 25.1 Å². The molecule has 21 heavy (non-hydrogen) atoms. The van der Waals surface area contributed by atoms with E-state index in [2.05, 4.69) is 29.4 Å². The Hall–Kier alpha value is -1.17. The van der Waals surface area contributed by atoms with Gasteiger partial charge < -0.3 is 9.88 Å². The van der Waals surface area contributed by atoms with Crippen molar-refractivity contribution in [2.45, 2.75) is 52.4 Å². The first-order valence-corrected chi connectivity index (χ1v) is 8.24. The van der Waals surface area contributed by atoms with E-state index in [1.54, 1.807) is 0 Å². The van der Waals surface area contributed by atoms with Crippen LogP contribution in [0.5, 0.6) is 0 Å². The number of amides is 1. The van der Waals surface area contributed by atoms with Crippen LogP contribution >= 0.6 is 12.2 Å². The molecule has 0 radical (unpaired) electrons. The van der Waals surface area contributed by atoms with Gasteiger partial charge in [-0.25, -0.2) is 0 Å². The summed E-state index contributed by atoms with van der Waals surface area (Å²) in [4.78, 5) is 12.6. The number of nitrogens with zero attached hydrogens (tertiary/aromatic N) is 2. The van der Waals surface area contributed by atoms with Gasteiger partial charge in [0.25, 0.3) is 0 Å². The summed E-state index contributed by atoms with van der Waals surface area (Å²) in [6.07, 6.45) is 6.10. The van der Waals surface area contributed by atoms with Gasteiger partial charge in [0, 0.05) is 25.4 Å². The fraction of sp³-hybridized carbons (Fsp3) is 0.800. The van der Waals surface area contributed by atoms with Gasteiger partial charge in [0.2, 0.25) is 5.91 Å². The van der Waals surface area contributed by atoms with Gasteiger partial charge in [0.05, 0.1) is 0 Å². The average molecular weight is 310 g/mol. The zero-order valence-electron chi connectivity index (χ0n) is 13.2. The summed E-state index contributed by atoms with van der Waals surface area (Å²) in [5.74, 6) is 1.66. The third-order valence-corrected chi connectivity index (χ3v) is 4.81. The number of aromatic nitrogens is 3. The summed E-state index contributed by atoms with van der Waals surface area (Å²) in [6, 6.07) is 0. The molecular weight excluding hydrogens is 284 g/mol. The van der Waals surface area contributed by atoms with Crippen LogP contribution in [0.25, 0.3) is 0 Å². The van der Waals surface area contributed by atoms with Crippen LogP contribution in [0.4, 0.5) is 0 Å². The number of rotatable bonds is 6. The number of carbonyl (C=O) groups is 1. The van der Waals surface area contributed by atoms with E-state index in [1.807, 2.05) is 11.6 Å². The molecule has 6 heteroatoms. The van der Waals surface area contributed by atoms with E-state index in [1.165, 1.54) is 12.8 Å². The van der Waals surface area contributed by atoms with Gasteiger partial charge in [-0.15, -0.1) is 0 Å². The van der Waals surface area contributed by atoms with Crippen LogP contribution in [0.2, 0.25) is 0 Å². The number of H-pyrrole nitrogens is 1. The monoisotopic (exact) mass is 310 g/mol. The topological polar surface area (TPSA) is 62.7 Å². The SMILES string of the molecule is CC(C)CC1(C(=O)NCCc2n[nH]c(=S)n2C)CCCC1. The molecule has 1 aromatic heterocycles. The summed E-state index contributed by atoms with van der Waals surface area (Å²) in [7, 11) is 1.89. The third kappa shape index (κ3) is 3.73. The molecule has 1 amide bonds. The predicted molar refractivity (Wildman–Crippen MR) is 85.5 cm³/mol. The van der Waals surface area contributed by atoms with Crippen molar-refractivity contribution in [2.24, 2.45) is 18.4 Å². The standard InChI is InChI=1S/C15H26N4OS/c1-11(2)10-15(7-4-5-8-15)13(20)16-9-6-12-17-18-14(21)19(12)3/h11H,4-10H2,1-3H3,(H,16,20)(H,18,21). The third-order valence-electron chi connectivity index (χ3n) is 4.45. The Morgan fingerprint density at radius 2 is 2.14 bits per heavy atom. The van der Waals surface area contributed by atoms with Gasteiger partial charge in [-0.2, -0.15) is 5.10 Å². The lowest BCUT2D eigenvalue weighted by Crippen LogP contribution is -2.41. The van der Waals surface area contributed by atoms with Gasteiger partial charge in [-0.1, -0.05) is 26.7 Å². The number of nitrogens with one attached hydrogen (secondary N) is 2. The van der Waals surface area contributed by atoms with Gasteiger partial charge in [0.1, 0.15) is 5.82 Å². The minimum absolute atomic E-state index is 0.134. The molecular formula is C15H26N4OS. The Kier molecular flexibility index (Phi) is 5.19. The van der Waals surface area contributed by atoms with E-state index in [4.69, 9.17) is 12.2 Å². The lowest BCUT2D eigenvalue weighted by Gasteiger charge is -2.29. The van der Waals surface area contributed by atoms with Crippen LogP contribution in [0.3, 0.4) is 0 Å². The number of carbonyl (C=O) groups excluding carboxylic acids is 1. The molecule has 2 N–H and O–H groups in total. The quantitative estimate of drug-likeness (QED) is 0.794. The van der Waals surface area contributed by atoms with Crippen molar-refractivity contribution < 1.29 is 4.79 Å². The summed E-state index contributed by atoms with van der Waals surface area (Å²) in [6.45, 7) is 5.01. The second-order valence-electron chi connectivity index (χ2n) is 6.60. The number of aromatic amines is 1. The molecule has 0 atom stereocenters. The van der Waals surface area contributed by atoms with E-state index in [-0.39, 0.29) is 11.3 Å². The molecule has 1 aliphatic rings. The van der Waals surface area contributed by atoms with Gasteiger partial charge in [-0.3, -0.25) is 9.89 Å². The van der Waals surface area contributed by atoms with Gasteiger partial charge >= 0.3 is 0 Å². The van der Waals surface area contributed by atoms with Crippen molar-refractivity contribution in [3.8, 4) is 0 Å². The number of hydrogen-bond donors (Lipinski definition) is 2. The molecule has 0 saturated heterocycles. The zero-order chi connectivity index (χ0) is 15.5. The van der Waals surface area contributed by atoms with Crippen molar-refractivity contribution in [3.63, 3.8) is 0 Å². The Balaban J connectivity index is 1.91. The van der Waals surface area contributed by atoms with E-state index < -0.39 is 0 Å². The first kappa shape index (κ1) is 16.2. The minimum Gasteiger partial charge on any atom is -0.355 e. The first-order chi connectivity index (χ1) is 9.94. The van der Waals surface area contributed by atoms with Crippen molar-refractivity contribution in [1.82, 2.24) is 20.1 Å². The normalized spacial score (nSPS) is 17.3. The van der Waals surface area contributed by atoms with Crippen LogP contribution in [-0.4, -0.2) is 27.2 Å². The first-order valence-electron chi connectivity index (χ1n) is 7.83. The Morgan fingerprint density at radius 3 is 2.67 bits per heavy atom. The highest BCUT2D eigenvalue weighted by molar-refractivity contribution is 7.71. The maximum atomic E-state index is 12.6. The summed E-state index contributed by atoms with van der Waals surface area (Å²) < 4.78 is 2.46. The van der Waals surface area contributed by atoms with Crippen molar-refractivity contribution >= 4 is 18.1 Å². The Morgan fingerprint density at radius 1 is 1.48 bits per heavy atom. The predicted octanol–water partition coefficient (Wildman–Crippen LogP) is 2.74. The molecule has 118 valence electrons. The highest BCUT2D eigenvalue weighted by Gasteiger charge is 2.40. The Labute approximate surface area is 131 Å². The molecule has 2 rings (SSSR count). The van der Waals surface area contributed by atoms with Crippen LogP contribution in [0, 0.1) is 16.1 Å². The summed E-state index contributed by atoms with van der Waals surface area (Å²) >= 11 is 5.09. The van der Waals surface area contributed by atoms with E-state index in [0.29, 0.717) is 23.7 Å². The molecule has 1 heterocycles. The van der Waals surface area contributed by atoms with Crippen LogP contribution in [0.1, 0.15) is 51.8 Å². The molecule has 1 fully saturated rings. The zero-order valence-corrected chi connectivity index (χ0v) is 14.1. The molecule has 5 nitrogen and oxygen atoms in total. The second-order valence-corrected chi connectivity index (χ2v) is 6.98. The second kappa shape index (κ2) is 6.73. The Bertz CT molecular complexity index is 540. The van der Waals surface area contributed by atoms with E-state index >= 15 is 0 Å². The molecule has 1 aliphatic carbocycles. The fourth-order valence-electron chi connectivity index (χ4n) is 3.44. The molecule has 0 aromatic carbocycles. The minimum atomic E-state index is -0.134. The molecule has 0 bridgehead atoms. The molecule has 0 aliphatic heterocycles. The van der Waals surface area contributed by atoms with Crippen LogP contribution < -0.4 is 5.32 Å². The van der Waals surface area contributed by atoms with Crippen molar-refractivity contribution in [3.05, 3.63) is 10.6 Å². The van der Waals surface area contributed by atoms with Crippen LogP contribution in [0.15, 0.2) is 0 Å². The molecule has 1 saturated carbocycles. The smallest absolute Gasteiger partial charge is 0.226 e. The highest BCUT2D eigenvalue weighted by Crippen LogP contribution is 2.43. The largest absolute Gasteiger partial charge is 0.355 e. The van der Waals surface area contributed by atoms with E-state index in [9.17, 15) is 4.79 Å². The fourth-order valence-corrected chi connectivity index (χ4v) is 3.59. The van der Waals surface area contributed by atoms with Gasteiger partial charge in [0.15, 0.2) is 4.77 Å². The number of hydrogen-bond acceptors (Lipinski definition) is 3. The average Bonchev–Trinajstić information content (AvgIpc) is 3.00. The lowest BCUT2D eigenvalue weighted by atomic mass is 9.77.